The zero-order valence-electron chi connectivity index (χ0n) is 12.3. The first kappa shape index (κ1) is 15.2. The molecule has 0 saturated carbocycles. The summed E-state index contributed by atoms with van der Waals surface area (Å²) in [4.78, 5) is 0.0623. The molecule has 118 valence electrons. The van der Waals surface area contributed by atoms with Crippen LogP contribution in [0, 0.1) is 6.92 Å². The van der Waals surface area contributed by atoms with Gasteiger partial charge in [0.05, 0.1) is 0 Å². The average molecular weight is 343 g/mol. The van der Waals surface area contributed by atoms with Crippen LogP contribution < -0.4 is 9.46 Å². The van der Waals surface area contributed by atoms with Crippen molar-refractivity contribution in [2.45, 2.75) is 37.7 Å². The highest BCUT2D eigenvalue weighted by atomic mass is 35.5. The van der Waals surface area contributed by atoms with E-state index < -0.39 is 15.6 Å². The Morgan fingerprint density at radius 2 is 2.09 bits per heavy atom. The number of rotatable bonds is 3. The Morgan fingerprint density at radius 1 is 1.36 bits per heavy atom. The fraction of sp³-hybridized carbons (Fsp3) is 0.357. The van der Waals surface area contributed by atoms with Gasteiger partial charge in [-0.1, -0.05) is 28.9 Å². The largest absolute Gasteiger partial charge is 0.486 e. The lowest BCUT2D eigenvalue weighted by atomic mass is 10.0. The third-order valence-corrected chi connectivity index (χ3v) is 5.17. The van der Waals surface area contributed by atoms with Gasteiger partial charge in [-0.15, -0.1) is 0 Å². The maximum absolute atomic E-state index is 12.6. The molecule has 1 aliphatic rings. The molecule has 0 bridgehead atoms. The topological polar surface area (TPSA) is 81.4 Å². The number of nitrogens with one attached hydrogen (secondary N) is 1. The van der Waals surface area contributed by atoms with Crippen LogP contribution in [0.2, 0.25) is 5.02 Å². The van der Waals surface area contributed by atoms with Gasteiger partial charge in [-0.3, -0.25) is 4.72 Å². The van der Waals surface area contributed by atoms with Crippen molar-refractivity contribution in [2.24, 2.45) is 0 Å². The molecule has 0 unspecified atom stereocenters. The van der Waals surface area contributed by atoms with Gasteiger partial charge in [0.1, 0.15) is 21.3 Å². The minimum absolute atomic E-state index is 0.0333. The van der Waals surface area contributed by atoms with Gasteiger partial charge in [-0.05, 0) is 32.4 Å². The molecule has 0 aliphatic carbocycles. The normalized spacial score (nSPS) is 16.2. The van der Waals surface area contributed by atoms with Crippen LogP contribution in [0.25, 0.3) is 0 Å². The van der Waals surface area contributed by atoms with Crippen LogP contribution in [-0.4, -0.2) is 19.2 Å². The smallest absolute Gasteiger partial charge is 0.266 e. The van der Waals surface area contributed by atoms with Crippen molar-refractivity contribution >= 4 is 27.4 Å². The molecule has 0 saturated heterocycles. The summed E-state index contributed by atoms with van der Waals surface area (Å²) in [6, 6.07) is 5.04. The molecule has 3 rings (SSSR count). The van der Waals surface area contributed by atoms with Gasteiger partial charge in [0, 0.05) is 6.42 Å². The van der Waals surface area contributed by atoms with Crippen LogP contribution in [-0.2, 0) is 16.4 Å². The second-order valence-electron chi connectivity index (χ2n) is 5.79. The Balaban J connectivity index is 2.02. The number of hydrogen-bond acceptors (Lipinski definition) is 5. The predicted molar refractivity (Wildman–Crippen MR) is 81.9 cm³/mol. The van der Waals surface area contributed by atoms with Crippen LogP contribution in [0.3, 0.4) is 0 Å². The second kappa shape index (κ2) is 4.89. The summed E-state index contributed by atoms with van der Waals surface area (Å²) in [7, 11) is -3.88. The second-order valence-corrected chi connectivity index (χ2v) is 7.82. The molecular weight excluding hydrogens is 328 g/mol. The number of para-hydroxylation sites is 1. The number of benzene rings is 1. The molecule has 2 aromatic rings. The van der Waals surface area contributed by atoms with E-state index in [0.29, 0.717) is 17.9 Å². The number of halogens is 1. The Hall–Kier alpha value is -1.73. The van der Waals surface area contributed by atoms with Gasteiger partial charge >= 0.3 is 0 Å². The lowest BCUT2D eigenvalue weighted by Crippen LogP contribution is -2.25. The zero-order valence-corrected chi connectivity index (χ0v) is 13.9. The number of fused-ring (bicyclic) bond motifs is 1. The van der Waals surface area contributed by atoms with Crippen molar-refractivity contribution < 1.29 is 17.7 Å². The summed E-state index contributed by atoms with van der Waals surface area (Å²) in [6.07, 6.45) is 0.648. The highest BCUT2D eigenvalue weighted by molar-refractivity contribution is 7.92. The lowest BCUT2D eigenvalue weighted by Gasteiger charge is -2.18. The van der Waals surface area contributed by atoms with Crippen LogP contribution in [0.15, 0.2) is 27.6 Å². The first-order valence-corrected chi connectivity index (χ1v) is 8.51. The molecule has 2 heterocycles. The number of aromatic nitrogens is 1. The summed E-state index contributed by atoms with van der Waals surface area (Å²) in [5, 5.41) is 3.75. The molecular formula is C14H15ClN2O4S. The summed E-state index contributed by atoms with van der Waals surface area (Å²) in [5.74, 6) is 0.681. The molecule has 6 nitrogen and oxygen atoms in total. The zero-order chi connectivity index (χ0) is 16.1. The first-order chi connectivity index (χ1) is 10.2. The van der Waals surface area contributed by atoms with E-state index in [-0.39, 0.29) is 15.7 Å². The van der Waals surface area contributed by atoms with Crippen molar-refractivity contribution in [1.29, 1.82) is 0 Å². The van der Waals surface area contributed by atoms with Crippen molar-refractivity contribution in [2.75, 3.05) is 4.72 Å². The van der Waals surface area contributed by atoms with Gasteiger partial charge < -0.3 is 9.26 Å². The quantitative estimate of drug-likeness (QED) is 0.926. The van der Waals surface area contributed by atoms with Gasteiger partial charge in [-0.25, -0.2) is 8.42 Å². The molecule has 0 amide bonds. The average Bonchev–Trinajstić information content (AvgIpc) is 2.89. The van der Waals surface area contributed by atoms with E-state index >= 15 is 0 Å². The van der Waals surface area contributed by atoms with E-state index in [2.05, 4.69) is 9.88 Å². The third-order valence-electron chi connectivity index (χ3n) is 3.37. The lowest BCUT2D eigenvalue weighted by molar-refractivity contribution is 0.135. The summed E-state index contributed by atoms with van der Waals surface area (Å²) in [5.41, 5.74) is 0.422. The molecule has 1 aliphatic heterocycles. The summed E-state index contributed by atoms with van der Waals surface area (Å²) < 4.78 is 38.2. The third kappa shape index (κ3) is 2.55. The van der Waals surface area contributed by atoms with Crippen molar-refractivity contribution in [3.63, 3.8) is 0 Å². The van der Waals surface area contributed by atoms with E-state index in [0.717, 1.165) is 5.56 Å². The minimum Gasteiger partial charge on any atom is -0.486 e. The predicted octanol–water partition coefficient (Wildman–Crippen LogP) is 3.15. The number of ether oxygens (including phenoxy) is 1. The molecule has 1 N–H and O–H groups in total. The molecule has 8 heteroatoms. The molecule has 22 heavy (non-hydrogen) atoms. The fourth-order valence-electron chi connectivity index (χ4n) is 2.41. The highest BCUT2D eigenvalue weighted by Crippen LogP contribution is 2.40. The maximum Gasteiger partial charge on any atom is 0.266 e. The molecule has 0 radical (unpaired) electrons. The van der Waals surface area contributed by atoms with Crippen molar-refractivity contribution in [3.05, 3.63) is 34.5 Å². The SMILES string of the molecule is Cc1onc(NS(=O)(=O)c2cccc3c2OC(C)(C)C3)c1Cl. The van der Waals surface area contributed by atoms with Gasteiger partial charge in [0.25, 0.3) is 10.0 Å². The van der Waals surface area contributed by atoms with Crippen LogP contribution in [0.5, 0.6) is 5.75 Å². The number of sulfonamides is 1. The van der Waals surface area contributed by atoms with Crippen LogP contribution in [0.1, 0.15) is 25.2 Å². The molecule has 0 spiro atoms. The monoisotopic (exact) mass is 342 g/mol. The molecule has 0 fully saturated rings. The number of nitrogens with zero attached hydrogens (tertiary/aromatic N) is 1. The van der Waals surface area contributed by atoms with Crippen LogP contribution >= 0.6 is 11.6 Å². The van der Waals surface area contributed by atoms with E-state index in [1.54, 1.807) is 13.0 Å². The Morgan fingerprint density at radius 3 is 2.73 bits per heavy atom. The van der Waals surface area contributed by atoms with Crippen molar-refractivity contribution in [3.8, 4) is 5.75 Å². The van der Waals surface area contributed by atoms with Gasteiger partial charge in [0.2, 0.25) is 5.82 Å². The maximum atomic E-state index is 12.6. The minimum atomic E-state index is -3.88. The molecule has 1 aromatic heterocycles. The molecule has 1 aromatic carbocycles. The first-order valence-electron chi connectivity index (χ1n) is 6.65. The highest BCUT2D eigenvalue weighted by Gasteiger charge is 2.35. The Labute approximate surface area is 133 Å². The molecule has 0 atom stereocenters. The number of aryl methyl sites for hydroxylation is 1. The van der Waals surface area contributed by atoms with E-state index in [4.69, 9.17) is 20.9 Å². The van der Waals surface area contributed by atoms with E-state index in [1.165, 1.54) is 6.07 Å². The summed E-state index contributed by atoms with van der Waals surface area (Å²) >= 11 is 5.95. The fourth-order valence-corrected chi connectivity index (χ4v) is 3.76. The van der Waals surface area contributed by atoms with Crippen LogP contribution in [0.4, 0.5) is 5.82 Å². The Kier molecular flexibility index (Phi) is 3.37. The van der Waals surface area contributed by atoms with Crippen molar-refractivity contribution in [1.82, 2.24) is 5.16 Å². The Bertz CT molecular complexity index is 843. The van der Waals surface area contributed by atoms with E-state index in [9.17, 15) is 8.42 Å². The van der Waals surface area contributed by atoms with E-state index in [1.807, 2.05) is 19.9 Å². The van der Waals surface area contributed by atoms with Gasteiger partial charge in [-0.2, -0.15) is 0 Å². The standard InChI is InChI=1S/C14H15ClN2O4S/c1-8-11(15)13(16-21-8)17-22(18,19)10-6-4-5-9-7-14(2,3)20-12(9)10/h4-6H,7H2,1-3H3,(H,16,17). The summed E-state index contributed by atoms with van der Waals surface area (Å²) in [6.45, 7) is 5.42. The number of anilines is 1. The number of hydrogen-bond donors (Lipinski definition) is 1. The van der Waals surface area contributed by atoms with Gasteiger partial charge in [0.15, 0.2) is 5.76 Å².